The molecule has 0 unspecified atom stereocenters. The van der Waals surface area contributed by atoms with E-state index in [1.54, 1.807) is 6.20 Å². The molecule has 3 rings (SSSR count). The van der Waals surface area contributed by atoms with Gasteiger partial charge in [-0.1, -0.05) is 17.7 Å². The summed E-state index contributed by atoms with van der Waals surface area (Å²) in [7, 11) is 0. The summed E-state index contributed by atoms with van der Waals surface area (Å²) in [5, 5.41) is 0. The van der Waals surface area contributed by atoms with Crippen LogP contribution >= 0.6 is 0 Å². The first-order chi connectivity index (χ1) is 9.67. The van der Waals surface area contributed by atoms with Crippen LogP contribution in [0.4, 0.5) is 5.82 Å². The lowest BCUT2D eigenvalue weighted by Gasteiger charge is -2.42. The van der Waals surface area contributed by atoms with Gasteiger partial charge in [0.25, 0.3) is 0 Å². The molecular weight excluding hydrogens is 250 g/mol. The number of nitrogen functional groups attached to an aromatic ring is 1. The summed E-state index contributed by atoms with van der Waals surface area (Å²) in [5.74, 6) is 0.650. The molecule has 2 N–H and O–H groups in total. The van der Waals surface area contributed by atoms with Gasteiger partial charge in [-0.2, -0.15) is 0 Å². The highest BCUT2D eigenvalue weighted by Crippen LogP contribution is 2.33. The number of anilines is 1. The highest BCUT2D eigenvalue weighted by molar-refractivity contribution is 5.38. The zero-order chi connectivity index (χ0) is 14.0. The molecule has 0 aromatic carbocycles. The number of rotatable bonds is 2. The molecule has 2 aliphatic heterocycles. The molecule has 1 spiro atoms. The first kappa shape index (κ1) is 13.6. The number of piperidine rings is 1. The third-order valence-corrected chi connectivity index (χ3v) is 4.42. The molecule has 0 bridgehead atoms. The molecule has 3 heterocycles. The Balaban J connectivity index is 1.62. The van der Waals surface area contributed by atoms with Crippen molar-refractivity contribution in [1.82, 2.24) is 9.88 Å². The number of hydrogen-bond acceptors (Lipinski definition) is 4. The monoisotopic (exact) mass is 273 g/mol. The van der Waals surface area contributed by atoms with E-state index in [1.807, 2.05) is 6.07 Å². The Morgan fingerprint density at radius 3 is 2.90 bits per heavy atom. The van der Waals surface area contributed by atoms with Crippen molar-refractivity contribution in [1.29, 1.82) is 0 Å². The molecule has 20 heavy (non-hydrogen) atoms. The lowest BCUT2D eigenvalue weighted by Crippen LogP contribution is -2.46. The number of ether oxygens (including phenoxy) is 1. The molecule has 0 saturated carbocycles. The molecule has 1 saturated heterocycles. The minimum absolute atomic E-state index is 0.000679. The zero-order valence-electron chi connectivity index (χ0n) is 12.1. The van der Waals surface area contributed by atoms with Crippen molar-refractivity contribution < 1.29 is 4.74 Å². The van der Waals surface area contributed by atoms with Crippen LogP contribution in [-0.2, 0) is 11.3 Å². The molecular formula is C16H23N3O. The summed E-state index contributed by atoms with van der Waals surface area (Å²) < 4.78 is 6.06. The van der Waals surface area contributed by atoms with Crippen molar-refractivity contribution in [3.63, 3.8) is 0 Å². The molecule has 1 aromatic rings. The fraction of sp³-hybridized carbons (Fsp3) is 0.562. The third kappa shape index (κ3) is 2.86. The van der Waals surface area contributed by atoms with Gasteiger partial charge in [-0.25, -0.2) is 4.98 Å². The van der Waals surface area contributed by atoms with E-state index in [4.69, 9.17) is 10.5 Å². The standard InChI is InChI=1S/C16H23N3O/c1-13-4-10-20-16(11-13)5-8-19(9-6-16)12-14-3-2-7-18-15(14)17/h2-3,7,11H,4-6,8-10,12H2,1H3,(H2,17,18). The van der Waals surface area contributed by atoms with Crippen LogP contribution in [0.5, 0.6) is 0 Å². The molecule has 4 heteroatoms. The molecule has 108 valence electrons. The number of likely N-dealkylation sites (tertiary alicyclic amines) is 1. The second-order valence-corrected chi connectivity index (χ2v) is 5.98. The molecule has 0 atom stereocenters. The van der Waals surface area contributed by atoms with Gasteiger partial charge in [0, 0.05) is 31.4 Å². The second kappa shape index (κ2) is 5.54. The first-order valence-corrected chi connectivity index (χ1v) is 7.41. The summed E-state index contributed by atoms with van der Waals surface area (Å²) in [6, 6.07) is 4.02. The first-order valence-electron chi connectivity index (χ1n) is 7.41. The van der Waals surface area contributed by atoms with E-state index in [2.05, 4.69) is 29.0 Å². The van der Waals surface area contributed by atoms with E-state index in [-0.39, 0.29) is 5.60 Å². The Kier molecular flexibility index (Phi) is 3.76. The highest BCUT2D eigenvalue weighted by Gasteiger charge is 2.35. The summed E-state index contributed by atoms with van der Waals surface area (Å²) in [4.78, 5) is 6.60. The molecule has 0 radical (unpaired) electrons. The summed E-state index contributed by atoms with van der Waals surface area (Å²) in [6.45, 7) is 6.08. The number of aromatic nitrogens is 1. The zero-order valence-corrected chi connectivity index (χ0v) is 12.1. The lowest BCUT2D eigenvalue weighted by atomic mass is 9.87. The maximum Gasteiger partial charge on any atom is 0.127 e. The average Bonchev–Trinajstić information content (AvgIpc) is 2.44. The Bertz CT molecular complexity index is 504. The predicted octanol–water partition coefficient (Wildman–Crippen LogP) is 2.37. The van der Waals surface area contributed by atoms with Crippen molar-refractivity contribution in [3.05, 3.63) is 35.5 Å². The Morgan fingerprint density at radius 2 is 2.20 bits per heavy atom. The Labute approximate surface area is 120 Å². The molecule has 4 nitrogen and oxygen atoms in total. The van der Waals surface area contributed by atoms with Gasteiger partial charge in [-0.15, -0.1) is 0 Å². The Morgan fingerprint density at radius 1 is 1.40 bits per heavy atom. The minimum Gasteiger partial charge on any atom is -0.383 e. The van der Waals surface area contributed by atoms with Gasteiger partial charge in [0.05, 0.1) is 12.2 Å². The smallest absolute Gasteiger partial charge is 0.127 e. The number of nitrogens with zero attached hydrogens (tertiary/aromatic N) is 2. The molecule has 0 aliphatic carbocycles. The van der Waals surface area contributed by atoms with E-state index < -0.39 is 0 Å². The second-order valence-electron chi connectivity index (χ2n) is 5.98. The van der Waals surface area contributed by atoms with Crippen LogP contribution in [-0.4, -0.2) is 35.2 Å². The topological polar surface area (TPSA) is 51.4 Å². The highest BCUT2D eigenvalue weighted by atomic mass is 16.5. The molecule has 1 aromatic heterocycles. The van der Waals surface area contributed by atoms with Gasteiger partial charge in [0.2, 0.25) is 0 Å². The molecule has 0 amide bonds. The largest absolute Gasteiger partial charge is 0.383 e. The van der Waals surface area contributed by atoms with Crippen molar-refractivity contribution in [2.24, 2.45) is 0 Å². The summed E-state index contributed by atoms with van der Waals surface area (Å²) in [6.07, 6.45) is 7.33. The van der Waals surface area contributed by atoms with E-state index in [1.165, 1.54) is 5.57 Å². The van der Waals surface area contributed by atoms with Crippen LogP contribution in [0.2, 0.25) is 0 Å². The number of hydrogen-bond donors (Lipinski definition) is 1. The van der Waals surface area contributed by atoms with E-state index in [9.17, 15) is 0 Å². The van der Waals surface area contributed by atoms with Crippen LogP contribution in [0, 0.1) is 0 Å². The predicted molar refractivity (Wildman–Crippen MR) is 80.2 cm³/mol. The average molecular weight is 273 g/mol. The quantitative estimate of drug-likeness (QED) is 0.841. The van der Waals surface area contributed by atoms with E-state index >= 15 is 0 Å². The normalized spacial score (nSPS) is 22.8. The van der Waals surface area contributed by atoms with Gasteiger partial charge >= 0.3 is 0 Å². The maximum atomic E-state index is 6.06. The van der Waals surface area contributed by atoms with Gasteiger partial charge in [0.1, 0.15) is 5.82 Å². The van der Waals surface area contributed by atoms with Crippen LogP contribution in [0.1, 0.15) is 31.7 Å². The number of pyridine rings is 1. The van der Waals surface area contributed by atoms with Gasteiger partial charge in [0.15, 0.2) is 0 Å². The van der Waals surface area contributed by atoms with Gasteiger partial charge in [-0.3, -0.25) is 4.90 Å². The van der Waals surface area contributed by atoms with Gasteiger partial charge in [-0.05, 0) is 32.3 Å². The van der Waals surface area contributed by atoms with Gasteiger partial charge < -0.3 is 10.5 Å². The fourth-order valence-electron chi connectivity index (χ4n) is 3.18. The third-order valence-electron chi connectivity index (χ3n) is 4.42. The van der Waals surface area contributed by atoms with Crippen LogP contribution in [0.15, 0.2) is 30.0 Å². The van der Waals surface area contributed by atoms with Crippen molar-refractivity contribution in [2.75, 3.05) is 25.4 Å². The summed E-state index contributed by atoms with van der Waals surface area (Å²) in [5.41, 5.74) is 8.52. The van der Waals surface area contributed by atoms with Crippen LogP contribution in [0.3, 0.4) is 0 Å². The van der Waals surface area contributed by atoms with E-state index in [0.29, 0.717) is 5.82 Å². The maximum absolute atomic E-state index is 6.06. The van der Waals surface area contributed by atoms with Crippen molar-refractivity contribution >= 4 is 5.82 Å². The molecule has 2 aliphatic rings. The van der Waals surface area contributed by atoms with Crippen LogP contribution < -0.4 is 5.73 Å². The van der Waals surface area contributed by atoms with Crippen molar-refractivity contribution in [2.45, 2.75) is 38.3 Å². The van der Waals surface area contributed by atoms with E-state index in [0.717, 1.165) is 51.1 Å². The fourth-order valence-corrected chi connectivity index (χ4v) is 3.18. The minimum atomic E-state index is -0.000679. The summed E-state index contributed by atoms with van der Waals surface area (Å²) >= 11 is 0. The molecule has 1 fully saturated rings. The Hall–Kier alpha value is -1.39. The SMILES string of the molecule is CC1=CC2(CCN(Cc3cccnc3N)CC2)OCC1. The number of nitrogens with two attached hydrogens (primary N) is 1. The van der Waals surface area contributed by atoms with Crippen LogP contribution in [0.25, 0.3) is 0 Å². The lowest BCUT2D eigenvalue weighted by molar-refractivity contribution is -0.0576. The van der Waals surface area contributed by atoms with Crippen molar-refractivity contribution in [3.8, 4) is 0 Å².